The highest BCUT2D eigenvalue weighted by molar-refractivity contribution is 6.29. The van der Waals surface area contributed by atoms with Gasteiger partial charge in [-0.1, -0.05) is 124 Å². The summed E-state index contributed by atoms with van der Waals surface area (Å²) >= 11 is 0. The summed E-state index contributed by atoms with van der Waals surface area (Å²) in [6.07, 6.45) is -3.15. The maximum atomic E-state index is 13.2. The summed E-state index contributed by atoms with van der Waals surface area (Å²) in [6, 6.07) is 37.1. The van der Waals surface area contributed by atoms with Gasteiger partial charge in [-0.3, -0.25) is 4.98 Å². The Morgan fingerprint density at radius 2 is 1.00 bits per heavy atom. The Balaban J connectivity index is 1.46. The third-order valence-electron chi connectivity index (χ3n) is 8.98. The molecule has 1 nitrogen and oxygen atoms in total. The van der Waals surface area contributed by atoms with Crippen LogP contribution in [-0.2, 0) is 11.6 Å². The van der Waals surface area contributed by atoms with Crippen molar-refractivity contribution in [3.63, 3.8) is 0 Å². The van der Waals surface area contributed by atoms with E-state index in [9.17, 15) is 13.2 Å². The standard InChI is InChI=1S/C40H28F3N/c1-39(2,3)38-32-10-6-4-8-27(32)37(28-9-5-7-11-33(28)38)31-20-15-24-13-18-29-26(25-16-21-34(44-22-25)40(41,42)43)17-12-23-14-19-30(31)36(24)35(23)29/h4-22H,1-3H3. The number of nitrogens with zero attached hydrogens (tertiary/aromatic N) is 1. The maximum Gasteiger partial charge on any atom is 0.433 e. The summed E-state index contributed by atoms with van der Waals surface area (Å²) < 4.78 is 39.7. The van der Waals surface area contributed by atoms with E-state index >= 15 is 0 Å². The molecule has 0 aliphatic carbocycles. The van der Waals surface area contributed by atoms with Gasteiger partial charge in [0.15, 0.2) is 0 Å². The second-order valence-corrected chi connectivity index (χ2v) is 12.7. The number of hydrogen-bond acceptors (Lipinski definition) is 1. The second kappa shape index (κ2) is 9.27. The van der Waals surface area contributed by atoms with Gasteiger partial charge >= 0.3 is 6.18 Å². The zero-order valence-corrected chi connectivity index (χ0v) is 24.6. The van der Waals surface area contributed by atoms with Crippen LogP contribution in [0, 0.1) is 0 Å². The predicted octanol–water partition coefficient (Wildman–Crippen LogP) is 11.9. The Labute approximate surface area is 252 Å². The molecule has 44 heavy (non-hydrogen) atoms. The molecule has 4 heteroatoms. The van der Waals surface area contributed by atoms with E-state index in [0.717, 1.165) is 43.9 Å². The smallest absolute Gasteiger partial charge is 0.251 e. The fourth-order valence-corrected chi connectivity index (χ4v) is 7.22. The van der Waals surface area contributed by atoms with Crippen molar-refractivity contribution in [1.82, 2.24) is 4.98 Å². The molecule has 7 aromatic carbocycles. The Morgan fingerprint density at radius 3 is 1.50 bits per heavy atom. The topological polar surface area (TPSA) is 12.9 Å². The van der Waals surface area contributed by atoms with Crippen molar-refractivity contribution >= 4 is 53.9 Å². The zero-order valence-electron chi connectivity index (χ0n) is 24.6. The first-order chi connectivity index (χ1) is 21.1. The molecule has 0 aliphatic rings. The molecule has 0 radical (unpaired) electrons. The number of hydrogen-bond donors (Lipinski definition) is 0. The van der Waals surface area contributed by atoms with E-state index in [-0.39, 0.29) is 5.41 Å². The molecule has 0 fully saturated rings. The van der Waals surface area contributed by atoms with Gasteiger partial charge in [0.05, 0.1) is 0 Å². The molecule has 0 spiro atoms. The fraction of sp³-hybridized carbons (Fsp3) is 0.125. The molecule has 8 rings (SSSR count). The molecular formula is C40H28F3N. The first kappa shape index (κ1) is 26.7. The molecule has 1 aromatic heterocycles. The van der Waals surface area contributed by atoms with Crippen LogP contribution in [0.4, 0.5) is 13.2 Å². The van der Waals surface area contributed by atoms with Crippen LogP contribution >= 0.6 is 0 Å². The predicted molar refractivity (Wildman–Crippen MR) is 178 cm³/mol. The fourth-order valence-electron chi connectivity index (χ4n) is 7.22. The van der Waals surface area contributed by atoms with E-state index in [0.29, 0.717) is 5.56 Å². The number of benzene rings is 7. The molecule has 1 heterocycles. The van der Waals surface area contributed by atoms with Crippen molar-refractivity contribution in [3.8, 4) is 22.3 Å². The zero-order chi connectivity index (χ0) is 30.4. The largest absolute Gasteiger partial charge is 0.433 e. The van der Waals surface area contributed by atoms with Crippen LogP contribution in [0.2, 0.25) is 0 Å². The lowest BCUT2D eigenvalue weighted by Gasteiger charge is -2.26. The van der Waals surface area contributed by atoms with Gasteiger partial charge in [0.25, 0.3) is 0 Å². The summed E-state index contributed by atoms with van der Waals surface area (Å²) in [5.41, 5.74) is 4.32. The maximum absolute atomic E-state index is 13.2. The van der Waals surface area contributed by atoms with E-state index in [1.165, 1.54) is 50.5 Å². The Morgan fingerprint density at radius 1 is 0.500 bits per heavy atom. The van der Waals surface area contributed by atoms with Crippen LogP contribution in [0.1, 0.15) is 32.0 Å². The number of halogens is 3. The lowest BCUT2D eigenvalue weighted by Crippen LogP contribution is -2.13. The summed E-state index contributed by atoms with van der Waals surface area (Å²) in [6.45, 7) is 6.84. The minimum Gasteiger partial charge on any atom is -0.251 e. The van der Waals surface area contributed by atoms with E-state index in [1.807, 2.05) is 6.07 Å². The van der Waals surface area contributed by atoms with E-state index in [2.05, 4.69) is 117 Å². The number of pyridine rings is 1. The quantitative estimate of drug-likeness (QED) is 0.147. The average molecular weight is 580 g/mol. The first-order valence-electron chi connectivity index (χ1n) is 14.8. The lowest BCUT2D eigenvalue weighted by atomic mass is 9.77. The highest BCUT2D eigenvalue weighted by atomic mass is 19.4. The number of alkyl halides is 3. The van der Waals surface area contributed by atoms with Crippen LogP contribution in [0.5, 0.6) is 0 Å². The molecule has 0 atom stereocenters. The van der Waals surface area contributed by atoms with Gasteiger partial charge in [-0.15, -0.1) is 0 Å². The van der Waals surface area contributed by atoms with Gasteiger partial charge in [0, 0.05) is 11.8 Å². The van der Waals surface area contributed by atoms with Gasteiger partial charge in [-0.25, -0.2) is 0 Å². The Bertz CT molecular complexity index is 2340. The van der Waals surface area contributed by atoms with Crippen LogP contribution in [0.3, 0.4) is 0 Å². The number of fused-ring (bicyclic) bond motifs is 2. The van der Waals surface area contributed by atoms with Crippen LogP contribution in [-0.4, -0.2) is 4.98 Å². The molecule has 0 N–H and O–H groups in total. The molecule has 214 valence electrons. The molecule has 8 aromatic rings. The van der Waals surface area contributed by atoms with Crippen molar-refractivity contribution in [3.05, 3.63) is 127 Å². The summed E-state index contributed by atoms with van der Waals surface area (Å²) in [5.74, 6) is 0. The lowest BCUT2D eigenvalue weighted by molar-refractivity contribution is -0.141. The van der Waals surface area contributed by atoms with Crippen molar-refractivity contribution in [2.45, 2.75) is 32.4 Å². The molecule has 0 saturated carbocycles. The third-order valence-corrected chi connectivity index (χ3v) is 8.98. The van der Waals surface area contributed by atoms with Crippen LogP contribution < -0.4 is 0 Å². The van der Waals surface area contributed by atoms with E-state index < -0.39 is 11.9 Å². The third kappa shape index (κ3) is 3.90. The molecular weight excluding hydrogens is 551 g/mol. The molecule has 0 amide bonds. The van der Waals surface area contributed by atoms with Crippen molar-refractivity contribution < 1.29 is 13.2 Å². The molecule has 0 unspecified atom stereocenters. The van der Waals surface area contributed by atoms with E-state index in [1.54, 1.807) is 0 Å². The monoisotopic (exact) mass is 579 g/mol. The second-order valence-electron chi connectivity index (χ2n) is 12.7. The highest BCUT2D eigenvalue weighted by Crippen LogP contribution is 2.48. The van der Waals surface area contributed by atoms with E-state index in [4.69, 9.17) is 0 Å². The molecule has 0 saturated heterocycles. The van der Waals surface area contributed by atoms with Crippen molar-refractivity contribution in [2.75, 3.05) is 0 Å². The molecule has 0 aliphatic heterocycles. The highest BCUT2D eigenvalue weighted by Gasteiger charge is 2.32. The SMILES string of the molecule is CC(C)(C)c1c2ccccc2c(-c2ccc3ccc4c(-c5ccc(C(F)(F)F)nc5)ccc5ccc2c3c54)c2ccccc12. The average Bonchev–Trinajstić information content (AvgIpc) is 3.01. The van der Waals surface area contributed by atoms with Crippen molar-refractivity contribution in [1.29, 1.82) is 0 Å². The van der Waals surface area contributed by atoms with Gasteiger partial charge in [-0.05, 0) is 87.6 Å². The summed E-state index contributed by atoms with van der Waals surface area (Å²) in [5, 5.41) is 11.6. The first-order valence-corrected chi connectivity index (χ1v) is 14.8. The van der Waals surface area contributed by atoms with Gasteiger partial charge < -0.3 is 0 Å². The van der Waals surface area contributed by atoms with Gasteiger partial charge in [0.2, 0.25) is 0 Å². The normalized spacial score (nSPS) is 12.8. The van der Waals surface area contributed by atoms with Crippen LogP contribution in [0.25, 0.3) is 76.1 Å². The minimum absolute atomic E-state index is 0.0516. The minimum atomic E-state index is -4.48. The van der Waals surface area contributed by atoms with Crippen LogP contribution in [0.15, 0.2) is 115 Å². The Kier molecular flexibility index (Phi) is 5.61. The number of aromatic nitrogens is 1. The summed E-state index contributed by atoms with van der Waals surface area (Å²) in [4.78, 5) is 3.75. The molecule has 0 bridgehead atoms. The van der Waals surface area contributed by atoms with Gasteiger partial charge in [-0.2, -0.15) is 13.2 Å². The Hall–Kier alpha value is -4.96. The number of rotatable bonds is 2. The summed E-state index contributed by atoms with van der Waals surface area (Å²) in [7, 11) is 0. The van der Waals surface area contributed by atoms with Crippen molar-refractivity contribution in [2.24, 2.45) is 0 Å². The van der Waals surface area contributed by atoms with Gasteiger partial charge in [0.1, 0.15) is 5.69 Å².